The maximum atomic E-state index is 13.6. The molecule has 0 radical (unpaired) electrons. The molecular weight excluding hydrogens is 303 g/mol. The fourth-order valence-corrected chi connectivity index (χ4v) is 2.01. The molecule has 0 spiro atoms. The second kappa shape index (κ2) is 4.78. The monoisotopic (exact) mass is 308 g/mol. The smallest absolute Gasteiger partial charge is 0.132 e. The molecule has 17 heavy (non-hydrogen) atoms. The number of hydrogen-bond acceptors (Lipinski definition) is 2. The van der Waals surface area contributed by atoms with Gasteiger partial charge in [-0.25, -0.2) is 4.39 Å². The Balaban J connectivity index is 2.62. The molecule has 2 nitrogen and oxygen atoms in total. The third kappa shape index (κ3) is 2.43. The van der Waals surface area contributed by atoms with Gasteiger partial charge in [-0.1, -0.05) is 28.1 Å². The summed E-state index contributed by atoms with van der Waals surface area (Å²) in [6, 6.07) is 9.82. The molecule has 0 fully saturated rings. The van der Waals surface area contributed by atoms with Crippen LogP contribution in [-0.4, -0.2) is 4.98 Å². The second-order valence-corrected chi connectivity index (χ2v) is 4.67. The predicted molar refractivity (Wildman–Crippen MR) is 69.4 cm³/mol. The summed E-state index contributed by atoms with van der Waals surface area (Å²) in [5.41, 5.74) is 1.34. The predicted octanol–water partition coefficient (Wildman–Crippen LogP) is 4.18. The number of aromatic nitrogens is 1. The van der Waals surface area contributed by atoms with E-state index in [-0.39, 0.29) is 5.82 Å². The van der Waals surface area contributed by atoms with Crippen LogP contribution in [0.25, 0.3) is 11.3 Å². The fourth-order valence-electron chi connectivity index (χ4n) is 1.42. The van der Waals surface area contributed by atoms with Crippen molar-refractivity contribution in [1.29, 1.82) is 5.26 Å². The summed E-state index contributed by atoms with van der Waals surface area (Å²) in [5, 5.41) is 8.76. The average molecular weight is 309 g/mol. The Morgan fingerprint density at radius 2 is 2.06 bits per heavy atom. The van der Waals surface area contributed by atoms with Gasteiger partial charge in [0, 0.05) is 15.7 Å². The van der Waals surface area contributed by atoms with Crippen LogP contribution in [0.2, 0.25) is 0 Å². The first-order valence-corrected chi connectivity index (χ1v) is 5.91. The van der Waals surface area contributed by atoms with Crippen molar-refractivity contribution in [3.8, 4) is 17.3 Å². The minimum atomic E-state index is -0.344. The van der Waals surface area contributed by atoms with E-state index < -0.39 is 0 Å². The number of nitrogens with one attached hydrogen (secondary N) is 1. The van der Waals surface area contributed by atoms with Gasteiger partial charge in [-0.3, -0.25) is 0 Å². The molecule has 0 bridgehead atoms. The first kappa shape index (κ1) is 12.0. The second-order valence-electron chi connectivity index (χ2n) is 3.35. The molecule has 0 unspecified atom stereocenters. The third-order valence-corrected chi connectivity index (χ3v) is 3.06. The number of hydrogen-bond donors (Lipinski definition) is 1. The van der Waals surface area contributed by atoms with Gasteiger partial charge >= 0.3 is 0 Å². The Bertz CT molecular complexity index is 673. The van der Waals surface area contributed by atoms with E-state index in [9.17, 15) is 4.39 Å². The summed E-state index contributed by atoms with van der Waals surface area (Å²) in [6.45, 7) is 0. The van der Waals surface area contributed by atoms with Crippen molar-refractivity contribution in [1.82, 2.24) is 4.98 Å². The number of benzene rings is 1. The van der Waals surface area contributed by atoms with Crippen molar-refractivity contribution in [3.63, 3.8) is 0 Å². The fraction of sp³-hybridized carbons (Fsp3) is 0. The van der Waals surface area contributed by atoms with Crippen LogP contribution in [-0.2, 0) is 0 Å². The van der Waals surface area contributed by atoms with Crippen LogP contribution in [0.15, 0.2) is 34.8 Å². The van der Waals surface area contributed by atoms with E-state index in [0.29, 0.717) is 21.5 Å². The topological polar surface area (TPSA) is 39.6 Å². The van der Waals surface area contributed by atoms with Gasteiger partial charge in [0.25, 0.3) is 0 Å². The zero-order chi connectivity index (χ0) is 12.4. The van der Waals surface area contributed by atoms with Crippen LogP contribution in [0.1, 0.15) is 5.56 Å². The zero-order valence-electron chi connectivity index (χ0n) is 8.50. The van der Waals surface area contributed by atoms with Gasteiger partial charge in [0.2, 0.25) is 0 Å². The Morgan fingerprint density at radius 1 is 1.29 bits per heavy atom. The number of pyridine rings is 1. The van der Waals surface area contributed by atoms with Crippen LogP contribution in [0.4, 0.5) is 4.39 Å². The molecule has 1 N–H and O–H groups in total. The molecule has 2 rings (SSSR count). The Labute approximate surface area is 111 Å². The van der Waals surface area contributed by atoms with Crippen molar-refractivity contribution in [2.75, 3.05) is 0 Å². The van der Waals surface area contributed by atoms with Gasteiger partial charge in [0.15, 0.2) is 0 Å². The van der Waals surface area contributed by atoms with E-state index in [1.165, 1.54) is 6.07 Å². The van der Waals surface area contributed by atoms with E-state index in [1.54, 1.807) is 24.3 Å². The summed E-state index contributed by atoms with van der Waals surface area (Å²) in [7, 11) is 0. The first-order chi connectivity index (χ1) is 8.11. The van der Waals surface area contributed by atoms with Crippen molar-refractivity contribution < 1.29 is 4.39 Å². The van der Waals surface area contributed by atoms with Gasteiger partial charge in [-0.05, 0) is 30.3 Å². The van der Waals surface area contributed by atoms with Crippen LogP contribution in [0, 0.1) is 21.8 Å². The van der Waals surface area contributed by atoms with Gasteiger partial charge < -0.3 is 4.98 Å². The number of rotatable bonds is 1. The maximum absolute atomic E-state index is 13.6. The van der Waals surface area contributed by atoms with Crippen molar-refractivity contribution in [3.05, 3.63) is 50.8 Å². The lowest BCUT2D eigenvalue weighted by molar-refractivity contribution is 0.630. The molecule has 0 aliphatic rings. The third-order valence-electron chi connectivity index (χ3n) is 2.25. The minimum Gasteiger partial charge on any atom is -0.345 e. The molecule has 0 saturated heterocycles. The van der Waals surface area contributed by atoms with Crippen molar-refractivity contribution in [2.24, 2.45) is 0 Å². The Morgan fingerprint density at radius 3 is 2.71 bits per heavy atom. The molecule has 2 aromatic rings. The van der Waals surface area contributed by atoms with Crippen LogP contribution in [0.3, 0.4) is 0 Å². The summed E-state index contributed by atoms with van der Waals surface area (Å²) in [4.78, 5) is 2.84. The lowest BCUT2D eigenvalue weighted by atomic mass is 10.1. The SMILES string of the molecule is N#Cc1ccc(-c2cc(Br)ccc2F)[nH]c1=S. The van der Waals surface area contributed by atoms with E-state index in [0.717, 1.165) is 4.47 Å². The molecule has 5 heteroatoms. The molecule has 0 aliphatic carbocycles. The summed E-state index contributed by atoms with van der Waals surface area (Å²) in [5.74, 6) is -0.344. The molecule has 0 saturated carbocycles. The standard InChI is InChI=1S/C12H6BrFN2S/c13-8-2-3-10(14)9(5-8)11-4-1-7(6-15)12(17)16-11/h1-5H,(H,16,17). The molecule has 0 aliphatic heterocycles. The Hall–Kier alpha value is -1.51. The summed E-state index contributed by atoms with van der Waals surface area (Å²) >= 11 is 8.28. The van der Waals surface area contributed by atoms with Gasteiger partial charge in [-0.15, -0.1) is 0 Å². The molecule has 0 atom stereocenters. The van der Waals surface area contributed by atoms with Gasteiger partial charge in [0.05, 0.1) is 5.56 Å². The lowest BCUT2D eigenvalue weighted by Crippen LogP contribution is -1.90. The summed E-state index contributed by atoms with van der Waals surface area (Å²) in [6.07, 6.45) is 0. The molecule has 0 amide bonds. The van der Waals surface area contributed by atoms with Crippen molar-refractivity contribution in [2.45, 2.75) is 0 Å². The zero-order valence-corrected chi connectivity index (χ0v) is 10.9. The number of aromatic amines is 1. The highest BCUT2D eigenvalue weighted by Gasteiger charge is 2.07. The molecule has 1 aromatic heterocycles. The highest BCUT2D eigenvalue weighted by molar-refractivity contribution is 9.10. The van der Waals surface area contributed by atoms with Crippen LogP contribution in [0.5, 0.6) is 0 Å². The quantitative estimate of drug-likeness (QED) is 0.803. The highest BCUT2D eigenvalue weighted by atomic mass is 79.9. The van der Waals surface area contributed by atoms with E-state index in [2.05, 4.69) is 20.9 Å². The van der Waals surface area contributed by atoms with Gasteiger partial charge in [-0.2, -0.15) is 5.26 Å². The van der Waals surface area contributed by atoms with Crippen LogP contribution < -0.4 is 0 Å². The number of nitriles is 1. The van der Waals surface area contributed by atoms with Crippen LogP contribution >= 0.6 is 28.1 Å². The van der Waals surface area contributed by atoms with E-state index in [1.807, 2.05) is 6.07 Å². The number of halogens is 2. The first-order valence-electron chi connectivity index (χ1n) is 4.70. The van der Waals surface area contributed by atoms with E-state index >= 15 is 0 Å². The number of nitrogens with zero attached hydrogens (tertiary/aromatic N) is 1. The Kier molecular flexibility index (Phi) is 3.36. The van der Waals surface area contributed by atoms with Gasteiger partial charge in [0.1, 0.15) is 16.5 Å². The lowest BCUT2D eigenvalue weighted by Gasteiger charge is -2.04. The normalized spacial score (nSPS) is 9.94. The molecule has 1 heterocycles. The molecule has 84 valence electrons. The van der Waals surface area contributed by atoms with Crippen molar-refractivity contribution >= 4 is 28.1 Å². The number of H-pyrrole nitrogens is 1. The summed E-state index contributed by atoms with van der Waals surface area (Å²) < 4.78 is 14.7. The largest absolute Gasteiger partial charge is 0.345 e. The molecular formula is C12H6BrFN2S. The average Bonchev–Trinajstić information content (AvgIpc) is 2.32. The highest BCUT2D eigenvalue weighted by Crippen LogP contribution is 2.24. The minimum absolute atomic E-state index is 0.310. The molecule has 1 aromatic carbocycles. The maximum Gasteiger partial charge on any atom is 0.132 e. The van der Waals surface area contributed by atoms with E-state index in [4.69, 9.17) is 17.5 Å².